The monoisotopic (exact) mass is 540 g/mol. The third-order valence-electron chi connectivity index (χ3n) is 3.78. The highest BCUT2D eigenvalue weighted by atomic mass is 35.5. The average Bonchev–Trinajstić information content (AvgIpc) is 2.84. The summed E-state index contributed by atoms with van der Waals surface area (Å²) in [6, 6.07) is 0. The number of ether oxygens (including phenoxy) is 1. The van der Waals surface area contributed by atoms with Crippen molar-refractivity contribution >= 4 is 41.0 Å². The molecule has 17 nitrogen and oxygen atoms in total. The van der Waals surface area contributed by atoms with Gasteiger partial charge in [0.25, 0.3) is 0 Å². The van der Waals surface area contributed by atoms with Gasteiger partial charge in [-0.05, 0) is 6.92 Å². The Balaban J connectivity index is 2.27. The van der Waals surface area contributed by atoms with Crippen LogP contribution in [0, 0.1) is 12.3 Å². The number of rotatable bonds is 8. The summed E-state index contributed by atoms with van der Waals surface area (Å²) in [6.07, 6.45) is -0.601. The number of nitrogens with zero attached hydrogens (tertiary/aromatic N) is 3. The number of aromatic nitrogens is 3. The number of hydrogen-bond donors (Lipinski definition) is 6. The van der Waals surface area contributed by atoms with Gasteiger partial charge in [-0.25, -0.2) is 23.5 Å². The van der Waals surface area contributed by atoms with E-state index in [2.05, 4.69) is 23.1 Å². The van der Waals surface area contributed by atoms with E-state index in [0.717, 1.165) is 13.3 Å². The van der Waals surface area contributed by atoms with E-state index in [1.54, 1.807) is 0 Å². The van der Waals surface area contributed by atoms with Crippen LogP contribution in [0.15, 0.2) is 11.1 Å². The smallest absolute Gasteiger partial charge is 0.387 e. The summed E-state index contributed by atoms with van der Waals surface area (Å²) in [5.74, 6) is 1.64. The molecule has 1 saturated heterocycles. The predicted molar refractivity (Wildman–Crippen MR) is 102 cm³/mol. The standard InChI is InChI=1S/C11H16ClN4O13P3/c1-3-11(12)7(17)6(26-8(11)16-4-14-9(13)15-10(16)18)5(2)27-31(22,23)29-32(24,25)28-30(19,20)21/h1,4-8,17H,2H3,(H,22,23)(H,24,25)(H2,13,15,18)(H2,19,20,21)/t5-,6-,7+,8-,11?/m1/s1. The van der Waals surface area contributed by atoms with Gasteiger partial charge in [0, 0.05) is 0 Å². The molecule has 1 fully saturated rings. The third-order valence-corrected chi connectivity index (χ3v) is 8.23. The number of terminal acetylenes is 1. The van der Waals surface area contributed by atoms with Gasteiger partial charge in [0.2, 0.25) is 5.95 Å². The average molecular weight is 541 g/mol. The summed E-state index contributed by atoms with van der Waals surface area (Å²) < 4.78 is 52.0. The van der Waals surface area contributed by atoms with Crippen molar-refractivity contribution in [3.8, 4) is 12.3 Å². The molecule has 2 heterocycles. The molecule has 0 saturated carbocycles. The summed E-state index contributed by atoms with van der Waals surface area (Å²) >= 11 is 6.24. The van der Waals surface area contributed by atoms with Crippen LogP contribution in [0.25, 0.3) is 0 Å². The van der Waals surface area contributed by atoms with Crippen LogP contribution in [0.3, 0.4) is 0 Å². The van der Waals surface area contributed by atoms with Gasteiger partial charge >= 0.3 is 29.2 Å². The van der Waals surface area contributed by atoms with Crippen LogP contribution >= 0.6 is 35.1 Å². The Bertz CT molecular complexity index is 1120. The van der Waals surface area contributed by atoms with Crippen molar-refractivity contribution < 1.29 is 56.3 Å². The van der Waals surface area contributed by atoms with Gasteiger partial charge < -0.3 is 35.2 Å². The number of aliphatic hydroxyl groups is 1. The van der Waals surface area contributed by atoms with Crippen molar-refractivity contribution in [2.24, 2.45) is 0 Å². The van der Waals surface area contributed by atoms with Gasteiger partial charge in [0.15, 0.2) is 11.1 Å². The summed E-state index contributed by atoms with van der Waals surface area (Å²) in [5, 5.41) is 10.5. The number of nitrogen functional groups attached to an aromatic ring is 1. The molecular formula is C11H16ClN4O13P3. The van der Waals surface area contributed by atoms with E-state index in [1.807, 2.05) is 5.92 Å². The molecular weight excluding hydrogens is 525 g/mol. The molecule has 3 unspecified atom stereocenters. The molecule has 0 spiro atoms. The number of nitrogens with two attached hydrogens (primary N) is 1. The van der Waals surface area contributed by atoms with E-state index in [0.29, 0.717) is 4.57 Å². The second-order valence-electron chi connectivity index (χ2n) is 6.12. The van der Waals surface area contributed by atoms with Crippen molar-refractivity contribution in [3.63, 3.8) is 0 Å². The molecule has 1 aliphatic rings. The predicted octanol–water partition coefficient (Wildman–Crippen LogP) is -1.18. The van der Waals surface area contributed by atoms with Crippen LogP contribution in [0.5, 0.6) is 0 Å². The summed E-state index contributed by atoms with van der Waals surface area (Å²) in [4.78, 5) is 52.8. The Labute approximate surface area is 183 Å². The zero-order valence-electron chi connectivity index (χ0n) is 15.6. The van der Waals surface area contributed by atoms with Crippen molar-refractivity contribution in [1.82, 2.24) is 14.5 Å². The maximum atomic E-state index is 12.1. The number of phosphoric ester groups is 1. The quantitative estimate of drug-likeness (QED) is 0.129. The molecule has 7 atom stereocenters. The summed E-state index contributed by atoms with van der Waals surface area (Å²) in [7, 11) is -16.9. The molecule has 180 valence electrons. The molecule has 7 N–H and O–H groups in total. The Hall–Kier alpha value is -1.21. The lowest BCUT2D eigenvalue weighted by molar-refractivity contribution is -0.0751. The summed E-state index contributed by atoms with van der Waals surface area (Å²) in [6.45, 7) is 1.02. The molecule has 0 bridgehead atoms. The maximum absolute atomic E-state index is 12.1. The topological polar surface area (TPSA) is 263 Å². The Morgan fingerprint density at radius 1 is 1.31 bits per heavy atom. The van der Waals surface area contributed by atoms with E-state index in [4.69, 9.17) is 38.3 Å². The Morgan fingerprint density at radius 2 is 1.91 bits per heavy atom. The lowest BCUT2D eigenvalue weighted by atomic mass is 9.97. The van der Waals surface area contributed by atoms with Gasteiger partial charge in [-0.1, -0.05) is 17.5 Å². The normalized spacial score (nSPS) is 30.8. The second-order valence-corrected chi connectivity index (χ2v) is 11.1. The number of halogens is 1. The molecule has 2 rings (SSSR count). The van der Waals surface area contributed by atoms with Crippen molar-refractivity contribution in [2.45, 2.75) is 36.3 Å². The number of alkyl halides is 1. The first-order valence-corrected chi connectivity index (χ1v) is 12.8. The van der Waals surface area contributed by atoms with Gasteiger partial charge in [-0.3, -0.25) is 9.09 Å². The Morgan fingerprint density at radius 3 is 2.41 bits per heavy atom. The van der Waals surface area contributed by atoms with Gasteiger partial charge in [-0.2, -0.15) is 13.6 Å². The van der Waals surface area contributed by atoms with Gasteiger partial charge in [0.1, 0.15) is 18.5 Å². The number of phosphoric acid groups is 3. The van der Waals surface area contributed by atoms with Crippen LogP contribution in [0.1, 0.15) is 13.2 Å². The Kier molecular flexibility index (Phi) is 7.78. The first kappa shape index (κ1) is 27.0. The molecule has 0 aliphatic carbocycles. The van der Waals surface area contributed by atoms with Crippen LogP contribution < -0.4 is 11.4 Å². The van der Waals surface area contributed by atoms with E-state index in [1.165, 1.54) is 0 Å². The first-order chi connectivity index (χ1) is 14.4. The molecule has 0 radical (unpaired) electrons. The van der Waals surface area contributed by atoms with Gasteiger partial charge in [-0.15, -0.1) is 6.42 Å². The highest BCUT2D eigenvalue weighted by Crippen LogP contribution is 2.66. The number of hydrogen-bond acceptors (Lipinski definition) is 12. The molecule has 0 aromatic carbocycles. The third kappa shape index (κ3) is 6.22. The molecule has 0 amide bonds. The zero-order valence-corrected chi connectivity index (χ0v) is 19.0. The van der Waals surface area contributed by atoms with Crippen LogP contribution in [0.4, 0.5) is 5.95 Å². The first-order valence-electron chi connectivity index (χ1n) is 7.94. The lowest BCUT2D eigenvalue weighted by Crippen LogP contribution is -2.45. The molecule has 21 heteroatoms. The fourth-order valence-electron chi connectivity index (χ4n) is 2.58. The minimum absolute atomic E-state index is 0.386. The molecule has 1 aromatic rings. The number of aliphatic hydroxyl groups excluding tert-OH is 1. The molecule has 1 aliphatic heterocycles. The highest BCUT2D eigenvalue weighted by molar-refractivity contribution is 7.66. The molecule has 1 aromatic heterocycles. The van der Waals surface area contributed by atoms with Crippen LogP contribution in [-0.4, -0.2) is 62.4 Å². The van der Waals surface area contributed by atoms with E-state index in [-0.39, 0.29) is 5.95 Å². The number of anilines is 1. The fourth-order valence-corrected chi connectivity index (χ4v) is 6.07. The zero-order chi connectivity index (χ0) is 24.7. The lowest BCUT2D eigenvalue weighted by Gasteiger charge is -2.26. The molecule has 32 heavy (non-hydrogen) atoms. The maximum Gasteiger partial charge on any atom is 0.490 e. The van der Waals surface area contributed by atoms with Crippen molar-refractivity contribution in [2.75, 3.05) is 5.73 Å². The largest absolute Gasteiger partial charge is 0.490 e. The SMILES string of the molecule is C#CC1(Cl)[C@@H](O)[C@@H]([C@@H](C)OP(=O)(O)OP(=O)(O)OP(=O)(O)O)O[C@H]1n1cnc(N)nc1=O. The minimum Gasteiger partial charge on any atom is -0.387 e. The van der Waals surface area contributed by atoms with Crippen LogP contribution in [0.2, 0.25) is 0 Å². The summed E-state index contributed by atoms with van der Waals surface area (Å²) in [5.41, 5.74) is 4.28. The van der Waals surface area contributed by atoms with Gasteiger partial charge in [0.05, 0.1) is 6.10 Å². The second kappa shape index (κ2) is 9.21. The van der Waals surface area contributed by atoms with Crippen LogP contribution in [-0.2, 0) is 31.6 Å². The van der Waals surface area contributed by atoms with E-state index < -0.39 is 58.6 Å². The van der Waals surface area contributed by atoms with E-state index in [9.17, 15) is 33.4 Å². The van der Waals surface area contributed by atoms with Crippen molar-refractivity contribution in [3.05, 3.63) is 16.8 Å². The highest BCUT2D eigenvalue weighted by Gasteiger charge is 2.58. The van der Waals surface area contributed by atoms with E-state index >= 15 is 0 Å². The van der Waals surface area contributed by atoms with Crippen molar-refractivity contribution in [1.29, 1.82) is 0 Å². The fraction of sp³-hybridized carbons (Fsp3) is 0.545. The minimum atomic E-state index is -5.78.